The van der Waals surface area contributed by atoms with Crippen LogP contribution in [0.2, 0.25) is 0 Å². The lowest BCUT2D eigenvalue weighted by Crippen LogP contribution is -2.27. The van der Waals surface area contributed by atoms with E-state index in [2.05, 4.69) is 53.3 Å². The number of aromatic nitrogens is 2. The van der Waals surface area contributed by atoms with E-state index < -0.39 is 0 Å². The van der Waals surface area contributed by atoms with E-state index in [-0.39, 0.29) is 0 Å². The van der Waals surface area contributed by atoms with Crippen LogP contribution in [-0.4, -0.2) is 47.6 Å². The van der Waals surface area contributed by atoms with E-state index in [1.54, 1.807) is 0 Å². The van der Waals surface area contributed by atoms with Crippen LogP contribution in [0.15, 0.2) is 6.07 Å². The zero-order chi connectivity index (χ0) is 14.5. The highest BCUT2D eigenvalue weighted by molar-refractivity contribution is 5.47. The zero-order valence-electron chi connectivity index (χ0n) is 13.1. The average molecular weight is 277 g/mol. The van der Waals surface area contributed by atoms with Gasteiger partial charge < -0.3 is 15.5 Å². The van der Waals surface area contributed by atoms with Crippen molar-refractivity contribution in [2.45, 2.75) is 45.6 Å². The number of likely N-dealkylation sites (N-methyl/N-ethyl adjacent to an activating group) is 1. The lowest BCUT2D eigenvalue weighted by molar-refractivity contribution is 0.337. The minimum atomic E-state index is 0.336. The van der Waals surface area contributed by atoms with Crippen molar-refractivity contribution in [2.75, 3.05) is 37.3 Å². The van der Waals surface area contributed by atoms with E-state index >= 15 is 0 Å². The summed E-state index contributed by atoms with van der Waals surface area (Å²) < 4.78 is 0. The predicted octanol–water partition coefficient (Wildman–Crippen LogP) is 2.54. The van der Waals surface area contributed by atoms with Gasteiger partial charge in [0.25, 0.3) is 0 Å². The molecule has 112 valence electrons. The number of rotatable bonds is 8. The van der Waals surface area contributed by atoms with E-state index in [0.717, 1.165) is 43.1 Å². The first-order chi connectivity index (χ1) is 9.60. The Labute approximate surface area is 122 Å². The van der Waals surface area contributed by atoms with Gasteiger partial charge in [0.15, 0.2) is 0 Å². The molecule has 1 aliphatic rings. The molecule has 0 amide bonds. The van der Waals surface area contributed by atoms with Crippen LogP contribution in [0.4, 0.5) is 11.6 Å². The summed E-state index contributed by atoms with van der Waals surface area (Å²) in [6, 6.07) is 2.80. The maximum absolute atomic E-state index is 4.59. The molecule has 1 aromatic rings. The lowest BCUT2D eigenvalue weighted by atomic mass is 10.2. The Balaban J connectivity index is 1.94. The topological polar surface area (TPSA) is 53.1 Å². The van der Waals surface area contributed by atoms with Gasteiger partial charge in [0.2, 0.25) is 0 Å². The van der Waals surface area contributed by atoms with E-state index in [1.165, 1.54) is 12.8 Å². The van der Waals surface area contributed by atoms with Crippen LogP contribution in [0.5, 0.6) is 0 Å². The first-order valence-electron chi connectivity index (χ1n) is 7.67. The highest BCUT2D eigenvalue weighted by atomic mass is 15.2. The molecule has 0 atom stereocenters. The molecule has 0 aromatic carbocycles. The quantitative estimate of drug-likeness (QED) is 0.765. The summed E-state index contributed by atoms with van der Waals surface area (Å²) in [6.45, 7) is 9.17. The molecule has 1 saturated carbocycles. The van der Waals surface area contributed by atoms with Crippen LogP contribution in [0.25, 0.3) is 0 Å². The Kier molecular flexibility index (Phi) is 5.17. The molecule has 1 aliphatic carbocycles. The normalized spacial score (nSPS) is 14.9. The fraction of sp³-hybridized carbons (Fsp3) is 0.733. The van der Waals surface area contributed by atoms with Crippen molar-refractivity contribution in [3.63, 3.8) is 0 Å². The summed E-state index contributed by atoms with van der Waals surface area (Å²) in [5.74, 6) is 3.05. The number of hydrogen-bond acceptors (Lipinski definition) is 5. The molecule has 2 N–H and O–H groups in total. The molecule has 0 bridgehead atoms. The number of anilines is 2. The van der Waals surface area contributed by atoms with Crippen molar-refractivity contribution in [1.82, 2.24) is 14.9 Å². The summed E-state index contributed by atoms with van der Waals surface area (Å²) in [6.07, 6.45) is 2.71. The van der Waals surface area contributed by atoms with Gasteiger partial charge >= 0.3 is 0 Å². The van der Waals surface area contributed by atoms with Gasteiger partial charge in [-0.2, -0.15) is 0 Å². The van der Waals surface area contributed by atoms with Gasteiger partial charge in [-0.25, -0.2) is 9.97 Å². The molecule has 0 unspecified atom stereocenters. The van der Waals surface area contributed by atoms with Gasteiger partial charge in [0.1, 0.15) is 17.5 Å². The van der Waals surface area contributed by atoms with Crippen molar-refractivity contribution >= 4 is 11.6 Å². The third kappa shape index (κ3) is 4.34. The minimum absolute atomic E-state index is 0.336. The van der Waals surface area contributed by atoms with E-state index in [0.29, 0.717) is 5.92 Å². The first-order valence-corrected chi connectivity index (χ1v) is 7.67. The summed E-state index contributed by atoms with van der Waals surface area (Å²) in [5, 5.41) is 6.69. The Morgan fingerprint density at radius 2 is 1.90 bits per heavy atom. The number of nitrogens with one attached hydrogen (secondary N) is 2. The van der Waals surface area contributed by atoms with E-state index in [9.17, 15) is 0 Å². The molecule has 0 spiro atoms. The second-order valence-corrected chi connectivity index (χ2v) is 5.82. The first kappa shape index (κ1) is 15.0. The molecule has 2 rings (SSSR count). The van der Waals surface area contributed by atoms with Gasteiger partial charge in [0.05, 0.1) is 0 Å². The molecular formula is C15H27N5. The van der Waals surface area contributed by atoms with Crippen LogP contribution in [0.3, 0.4) is 0 Å². The number of nitrogens with zero attached hydrogens (tertiary/aromatic N) is 3. The summed E-state index contributed by atoms with van der Waals surface area (Å²) >= 11 is 0. The van der Waals surface area contributed by atoms with Crippen molar-refractivity contribution in [1.29, 1.82) is 0 Å². The maximum Gasteiger partial charge on any atom is 0.135 e. The third-order valence-electron chi connectivity index (χ3n) is 3.56. The van der Waals surface area contributed by atoms with Crippen LogP contribution >= 0.6 is 0 Å². The number of hydrogen-bond donors (Lipinski definition) is 2. The van der Waals surface area contributed by atoms with Crippen molar-refractivity contribution in [3.8, 4) is 0 Å². The molecule has 5 nitrogen and oxygen atoms in total. The fourth-order valence-electron chi connectivity index (χ4n) is 2.14. The smallest absolute Gasteiger partial charge is 0.135 e. The lowest BCUT2D eigenvalue weighted by Gasteiger charge is -2.17. The van der Waals surface area contributed by atoms with Crippen molar-refractivity contribution < 1.29 is 0 Å². The molecule has 20 heavy (non-hydrogen) atoms. The second-order valence-electron chi connectivity index (χ2n) is 5.82. The van der Waals surface area contributed by atoms with Gasteiger partial charge in [-0.1, -0.05) is 13.8 Å². The average Bonchev–Trinajstić information content (AvgIpc) is 3.23. The molecule has 1 heterocycles. The predicted molar refractivity (Wildman–Crippen MR) is 84.4 cm³/mol. The molecule has 0 saturated heterocycles. The van der Waals surface area contributed by atoms with Gasteiger partial charge in [-0.15, -0.1) is 0 Å². The van der Waals surface area contributed by atoms with Gasteiger partial charge in [-0.3, -0.25) is 0 Å². The molecule has 1 fully saturated rings. The fourth-order valence-corrected chi connectivity index (χ4v) is 2.14. The molecular weight excluding hydrogens is 250 g/mol. The van der Waals surface area contributed by atoms with Crippen LogP contribution in [0, 0.1) is 0 Å². The zero-order valence-corrected chi connectivity index (χ0v) is 13.1. The summed E-state index contributed by atoms with van der Waals surface area (Å²) in [7, 11) is 2.20. The largest absolute Gasteiger partial charge is 0.370 e. The van der Waals surface area contributed by atoms with Crippen LogP contribution in [0.1, 0.15) is 45.4 Å². The van der Waals surface area contributed by atoms with Crippen LogP contribution < -0.4 is 10.6 Å². The highest BCUT2D eigenvalue weighted by Crippen LogP contribution is 2.24. The Morgan fingerprint density at radius 1 is 1.25 bits per heavy atom. The van der Waals surface area contributed by atoms with Crippen LogP contribution in [-0.2, 0) is 0 Å². The van der Waals surface area contributed by atoms with Gasteiger partial charge in [0, 0.05) is 37.7 Å². The summed E-state index contributed by atoms with van der Waals surface area (Å²) in [5.41, 5.74) is 0. The molecule has 1 aromatic heterocycles. The maximum atomic E-state index is 4.59. The second kappa shape index (κ2) is 6.88. The van der Waals surface area contributed by atoms with Crippen molar-refractivity contribution in [3.05, 3.63) is 11.9 Å². The SMILES string of the molecule is CCNc1cc(NCCN(C)C2CC2)nc(C(C)C)n1. The van der Waals surface area contributed by atoms with E-state index in [4.69, 9.17) is 0 Å². The monoisotopic (exact) mass is 277 g/mol. The molecule has 5 heteroatoms. The summed E-state index contributed by atoms with van der Waals surface area (Å²) in [4.78, 5) is 11.5. The Morgan fingerprint density at radius 3 is 2.45 bits per heavy atom. The highest BCUT2D eigenvalue weighted by Gasteiger charge is 2.25. The van der Waals surface area contributed by atoms with Crippen molar-refractivity contribution in [2.24, 2.45) is 0 Å². The molecule has 0 aliphatic heterocycles. The Hall–Kier alpha value is -1.36. The molecule has 0 radical (unpaired) electrons. The van der Waals surface area contributed by atoms with Gasteiger partial charge in [-0.05, 0) is 26.8 Å². The third-order valence-corrected chi connectivity index (χ3v) is 3.56. The Bertz CT molecular complexity index is 428. The standard InChI is InChI=1S/C15H27N5/c1-5-16-13-10-14(19-15(18-13)11(2)3)17-8-9-20(4)12-6-7-12/h10-12H,5-9H2,1-4H3,(H2,16,17,18,19). The van der Waals surface area contributed by atoms with E-state index in [1.807, 2.05) is 6.07 Å². The minimum Gasteiger partial charge on any atom is -0.370 e.